The number of hydrogen-bond acceptors (Lipinski definition) is 9. The Balaban J connectivity index is 1.69. The maximum atomic E-state index is 14.1. The minimum atomic E-state index is -1.19. The van der Waals surface area contributed by atoms with Gasteiger partial charge in [0.2, 0.25) is 11.8 Å². The molecule has 47 heavy (non-hydrogen) atoms. The van der Waals surface area contributed by atoms with Crippen molar-refractivity contribution < 1.29 is 43.9 Å². The highest BCUT2D eigenvalue weighted by Gasteiger charge is 2.41. The normalized spacial score (nSPS) is 19.6. The molecule has 0 bridgehead atoms. The fraction of sp³-hybridized carbons (Fsp3) is 0.543. The number of nitrogens with zero attached hydrogens (tertiary/aromatic N) is 1. The summed E-state index contributed by atoms with van der Waals surface area (Å²) in [5, 5.41) is 33.7. The smallest absolute Gasteiger partial charge is 0.247 e. The van der Waals surface area contributed by atoms with Gasteiger partial charge in [-0.15, -0.1) is 0 Å². The highest BCUT2D eigenvalue weighted by Crippen LogP contribution is 2.38. The number of hydrogen-bond donors (Lipinski definition) is 4. The molecule has 0 saturated heterocycles. The van der Waals surface area contributed by atoms with E-state index < -0.39 is 24.2 Å². The molecule has 11 nitrogen and oxygen atoms in total. The maximum absolute atomic E-state index is 14.1. The van der Waals surface area contributed by atoms with Crippen LogP contribution in [-0.4, -0.2) is 91.3 Å². The zero-order valence-corrected chi connectivity index (χ0v) is 29.5. The number of carbonyl (C=O) groups excluding carboxylic acids is 2. The number of methoxy groups -OCH3 is 3. The first-order chi connectivity index (χ1) is 22.7. The molecule has 0 heterocycles. The van der Waals surface area contributed by atoms with Gasteiger partial charge in [0.25, 0.3) is 0 Å². The fourth-order valence-corrected chi connectivity index (χ4v) is 7.25. The van der Waals surface area contributed by atoms with E-state index in [1.54, 1.807) is 37.3 Å². The molecule has 0 aromatic heterocycles. The van der Waals surface area contributed by atoms with Crippen LogP contribution in [0.2, 0.25) is 0 Å². The highest BCUT2D eigenvalue weighted by atomic mass is 127. The summed E-state index contributed by atoms with van der Waals surface area (Å²) >= 11 is 2.08. The standard InChI is InChI=1S/C35H47IN2O9/c1-44-26-9-10-29(45-2)24(18-26)12-14-38(32(41)11-8-22-6-4-5-7-22)28-19-25(35(43)37-13-15-39)20-30(33(28)42)47-34-27(36)16-23(21-40)17-31(34)46-3/h9-10,16-18,20,22,28,30,33,39-40,42H,4-8,11-15,19,21H2,1-3H3,(H,37,43)/t28-,30+,33+/m1/s1. The van der Waals surface area contributed by atoms with Gasteiger partial charge in [-0.25, -0.2) is 0 Å². The number of rotatable bonds is 16. The molecular formula is C35H47IN2O9. The van der Waals surface area contributed by atoms with E-state index in [4.69, 9.17) is 18.9 Å². The third-order valence-corrected chi connectivity index (χ3v) is 9.81. The van der Waals surface area contributed by atoms with Gasteiger partial charge in [0, 0.05) is 31.5 Å². The van der Waals surface area contributed by atoms with Gasteiger partial charge in [-0.2, -0.15) is 0 Å². The number of nitrogens with one attached hydrogen (secondary N) is 1. The Hall–Kier alpha value is -3.07. The van der Waals surface area contributed by atoms with Crippen molar-refractivity contribution in [3.63, 3.8) is 0 Å². The molecule has 2 aliphatic rings. The lowest BCUT2D eigenvalue weighted by Gasteiger charge is -2.41. The Kier molecular flexibility index (Phi) is 14.0. The van der Waals surface area contributed by atoms with Crippen molar-refractivity contribution in [1.82, 2.24) is 10.2 Å². The van der Waals surface area contributed by atoms with E-state index in [0.717, 1.165) is 24.8 Å². The molecule has 0 aliphatic heterocycles. The van der Waals surface area contributed by atoms with Crippen molar-refractivity contribution in [2.75, 3.05) is 41.0 Å². The molecule has 2 aromatic carbocycles. The molecule has 2 aromatic rings. The van der Waals surface area contributed by atoms with Crippen molar-refractivity contribution >= 4 is 34.4 Å². The predicted octanol–water partition coefficient (Wildman–Crippen LogP) is 3.77. The Morgan fingerprint density at radius 2 is 1.77 bits per heavy atom. The first-order valence-electron chi connectivity index (χ1n) is 16.1. The van der Waals surface area contributed by atoms with Crippen LogP contribution < -0.4 is 24.3 Å². The summed E-state index contributed by atoms with van der Waals surface area (Å²) in [5.41, 5.74) is 1.82. The van der Waals surface area contributed by atoms with Crippen molar-refractivity contribution in [2.24, 2.45) is 5.92 Å². The summed E-state index contributed by atoms with van der Waals surface area (Å²) in [4.78, 5) is 29.1. The lowest BCUT2D eigenvalue weighted by atomic mass is 9.87. The molecule has 1 saturated carbocycles. The molecule has 258 valence electrons. The summed E-state index contributed by atoms with van der Waals surface area (Å²) < 4.78 is 23.6. The first kappa shape index (κ1) is 36.8. The molecule has 4 N–H and O–H groups in total. The van der Waals surface area contributed by atoms with Crippen molar-refractivity contribution in [2.45, 2.75) is 76.2 Å². The lowest BCUT2D eigenvalue weighted by molar-refractivity contribution is -0.138. The second kappa shape index (κ2) is 17.9. The topological polar surface area (TPSA) is 147 Å². The highest BCUT2D eigenvalue weighted by molar-refractivity contribution is 14.1. The number of ether oxygens (including phenoxy) is 4. The summed E-state index contributed by atoms with van der Waals surface area (Å²) in [6.45, 7) is -0.0976. The number of benzene rings is 2. The van der Waals surface area contributed by atoms with Crippen LogP contribution in [0.4, 0.5) is 0 Å². The summed E-state index contributed by atoms with van der Waals surface area (Å²) in [5.74, 6) is 2.03. The van der Waals surface area contributed by atoms with Gasteiger partial charge in [-0.05, 0) is 88.9 Å². The number of aliphatic hydroxyl groups is 3. The average molecular weight is 767 g/mol. The number of carbonyl (C=O) groups is 2. The van der Waals surface area contributed by atoms with Gasteiger partial charge < -0.3 is 44.5 Å². The zero-order chi connectivity index (χ0) is 33.9. The Bertz CT molecular complexity index is 1400. The molecule has 0 unspecified atom stereocenters. The quantitative estimate of drug-likeness (QED) is 0.188. The van der Waals surface area contributed by atoms with Gasteiger partial charge in [0.15, 0.2) is 11.5 Å². The molecule has 3 atom stereocenters. The second-order valence-electron chi connectivity index (χ2n) is 12.0. The van der Waals surface area contributed by atoms with Gasteiger partial charge in [0.1, 0.15) is 23.7 Å². The number of halogens is 1. The summed E-state index contributed by atoms with van der Waals surface area (Å²) in [6, 6.07) is 8.13. The number of amides is 2. The minimum absolute atomic E-state index is 0.0585. The molecule has 0 radical (unpaired) electrons. The van der Waals surface area contributed by atoms with E-state index in [2.05, 4.69) is 27.9 Å². The van der Waals surface area contributed by atoms with E-state index in [1.807, 2.05) is 18.2 Å². The van der Waals surface area contributed by atoms with Crippen LogP contribution in [0, 0.1) is 9.49 Å². The minimum Gasteiger partial charge on any atom is -0.497 e. The van der Waals surface area contributed by atoms with Crippen LogP contribution in [0.15, 0.2) is 42.0 Å². The Morgan fingerprint density at radius 3 is 2.43 bits per heavy atom. The van der Waals surface area contributed by atoms with Gasteiger partial charge >= 0.3 is 0 Å². The van der Waals surface area contributed by atoms with Crippen LogP contribution in [0.5, 0.6) is 23.0 Å². The van der Waals surface area contributed by atoms with Crippen molar-refractivity contribution in [3.8, 4) is 23.0 Å². The monoisotopic (exact) mass is 766 g/mol. The van der Waals surface area contributed by atoms with Crippen LogP contribution >= 0.6 is 22.6 Å². The van der Waals surface area contributed by atoms with E-state index in [1.165, 1.54) is 20.0 Å². The van der Waals surface area contributed by atoms with Gasteiger partial charge in [0.05, 0.1) is 44.2 Å². The third-order valence-electron chi connectivity index (χ3n) is 9.01. The third kappa shape index (κ3) is 9.52. The van der Waals surface area contributed by atoms with Gasteiger partial charge in [-0.1, -0.05) is 25.7 Å². The Morgan fingerprint density at radius 1 is 1.02 bits per heavy atom. The maximum Gasteiger partial charge on any atom is 0.247 e. The molecule has 2 amide bonds. The predicted molar refractivity (Wildman–Crippen MR) is 185 cm³/mol. The van der Waals surface area contributed by atoms with Crippen LogP contribution in [0.3, 0.4) is 0 Å². The molecular weight excluding hydrogens is 719 g/mol. The van der Waals surface area contributed by atoms with Crippen LogP contribution in [0.25, 0.3) is 0 Å². The van der Waals surface area contributed by atoms with Gasteiger partial charge in [-0.3, -0.25) is 9.59 Å². The van der Waals surface area contributed by atoms with Crippen molar-refractivity contribution in [3.05, 3.63) is 56.7 Å². The molecule has 0 spiro atoms. The van der Waals surface area contributed by atoms with Crippen molar-refractivity contribution in [1.29, 1.82) is 0 Å². The summed E-state index contributed by atoms with van der Waals surface area (Å²) in [7, 11) is 4.67. The SMILES string of the molecule is COc1ccc(OC)c(CCN(C(=O)CCC2CCCC2)[C@@H]2CC(C(=O)NCCO)=C[C@H](Oc3c(I)cc(CO)cc3OC)[C@H]2O)c1. The molecule has 2 aliphatic carbocycles. The largest absolute Gasteiger partial charge is 0.497 e. The molecule has 4 rings (SSSR count). The average Bonchev–Trinajstić information content (AvgIpc) is 3.62. The number of aliphatic hydroxyl groups excluding tert-OH is 3. The van der Waals surface area contributed by atoms with E-state index >= 15 is 0 Å². The Labute approximate surface area is 290 Å². The zero-order valence-electron chi connectivity index (χ0n) is 27.4. The lowest BCUT2D eigenvalue weighted by Crippen LogP contribution is -2.55. The molecule has 1 fully saturated rings. The molecule has 12 heteroatoms. The fourth-order valence-electron chi connectivity index (χ4n) is 6.46. The van der Waals surface area contributed by atoms with Crippen LogP contribution in [0.1, 0.15) is 56.1 Å². The van der Waals surface area contributed by atoms with E-state index in [0.29, 0.717) is 56.5 Å². The van der Waals surface area contributed by atoms with Crippen LogP contribution in [-0.2, 0) is 22.6 Å². The first-order valence-corrected chi connectivity index (χ1v) is 17.2. The van der Waals surface area contributed by atoms with E-state index in [-0.39, 0.29) is 38.6 Å². The summed E-state index contributed by atoms with van der Waals surface area (Å²) in [6.07, 6.45) is 5.59. The second-order valence-corrected chi connectivity index (χ2v) is 13.1. The van der Waals surface area contributed by atoms with E-state index in [9.17, 15) is 24.9 Å².